The van der Waals surface area contributed by atoms with Gasteiger partial charge in [0.15, 0.2) is 0 Å². The molecule has 1 unspecified atom stereocenters. The molecule has 6 heteroatoms. The molecule has 1 aliphatic heterocycles. The van der Waals surface area contributed by atoms with Gasteiger partial charge < -0.3 is 10.2 Å². The molecule has 20 heavy (non-hydrogen) atoms. The highest BCUT2D eigenvalue weighted by atomic mass is 35.5. The van der Waals surface area contributed by atoms with Crippen molar-refractivity contribution in [3.05, 3.63) is 16.4 Å². The number of aryl methyl sites for hydroxylation is 1. The van der Waals surface area contributed by atoms with Crippen molar-refractivity contribution in [2.75, 3.05) is 20.1 Å². The van der Waals surface area contributed by atoms with Crippen LogP contribution in [0.15, 0.2) is 0 Å². The van der Waals surface area contributed by atoms with Gasteiger partial charge in [0.05, 0.1) is 16.4 Å². The summed E-state index contributed by atoms with van der Waals surface area (Å²) >= 11 is 6.13. The van der Waals surface area contributed by atoms with Crippen molar-refractivity contribution in [1.29, 1.82) is 0 Å². The quantitative estimate of drug-likeness (QED) is 0.927. The molecule has 1 aromatic heterocycles. The zero-order chi connectivity index (χ0) is 14.9. The van der Waals surface area contributed by atoms with Crippen LogP contribution in [0.25, 0.3) is 0 Å². The van der Waals surface area contributed by atoms with Gasteiger partial charge in [-0.2, -0.15) is 5.10 Å². The Kier molecular flexibility index (Phi) is 4.70. The summed E-state index contributed by atoms with van der Waals surface area (Å²) in [5.41, 5.74) is 1.61. The first-order valence-corrected chi connectivity index (χ1v) is 7.48. The molecule has 1 atom stereocenters. The minimum atomic E-state index is -0.333. The van der Waals surface area contributed by atoms with Crippen LogP contribution in [0.1, 0.15) is 37.2 Å². The van der Waals surface area contributed by atoms with E-state index >= 15 is 0 Å². The summed E-state index contributed by atoms with van der Waals surface area (Å²) < 4.78 is 1.71. The second kappa shape index (κ2) is 6.14. The summed E-state index contributed by atoms with van der Waals surface area (Å²) in [7, 11) is 2.11. The van der Waals surface area contributed by atoms with Crippen LogP contribution in [0.3, 0.4) is 0 Å². The number of hydrogen-bond donors (Lipinski definition) is 1. The predicted octanol–water partition coefficient (Wildman–Crippen LogP) is 1.92. The average Bonchev–Trinajstić information content (AvgIpc) is 2.68. The summed E-state index contributed by atoms with van der Waals surface area (Å²) in [5, 5.41) is 8.12. The fourth-order valence-corrected chi connectivity index (χ4v) is 2.73. The number of nitrogens with zero attached hydrogens (tertiary/aromatic N) is 3. The second-order valence-corrected chi connectivity index (χ2v) is 6.07. The van der Waals surface area contributed by atoms with Crippen LogP contribution < -0.4 is 5.32 Å². The van der Waals surface area contributed by atoms with Gasteiger partial charge in [0, 0.05) is 6.04 Å². The van der Waals surface area contributed by atoms with Gasteiger partial charge in [-0.05, 0) is 53.8 Å². The Morgan fingerprint density at radius 1 is 1.40 bits per heavy atom. The number of carbonyl (C=O) groups is 1. The lowest BCUT2D eigenvalue weighted by Crippen LogP contribution is -2.45. The van der Waals surface area contributed by atoms with Crippen molar-refractivity contribution in [2.24, 2.45) is 0 Å². The monoisotopic (exact) mass is 298 g/mol. The second-order valence-electron chi connectivity index (χ2n) is 5.69. The molecule has 0 aliphatic carbocycles. The first-order chi connectivity index (χ1) is 9.40. The Labute approximate surface area is 125 Å². The highest BCUT2D eigenvalue weighted by Gasteiger charge is 2.24. The van der Waals surface area contributed by atoms with Crippen LogP contribution in [-0.2, 0) is 4.79 Å². The van der Waals surface area contributed by atoms with Crippen LogP contribution in [0.4, 0.5) is 0 Å². The topological polar surface area (TPSA) is 50.2 Å². The molecule has 0 radical (unpaired) electrons. The fraction of sp³-hybridized carbons (Fsp3) is 0.714. The van der Waals surface area contributed by atoms with E-state index in [1.54, 1.807) is 4.68 Å². The van der Waals surface area contributed by atoms with E-state index in [1.165, 1.54) is 0 Å². The Morgan fingerprint density at radius 2 is 2.00 bits per heavy atom. The van der Waals surface area contributed by atoms with Gasteiger partial charge in [-0.25, -0.2) is 0 Å². The SMILES string of the molecule is Cc1nn(C(C)C(=O)NC2CCN(C)CC2)c(C)c1Cl. The van der Waals surface area contributed by atoms with Crippen molar-refractivity contribution in [3.63, 3.8) is 0 Å². The Hall–Kier alpha value is -1.07. The molecule has 0 bridgehead atoms. The molecule has 1 saturated heterocycles. The van der Waals surface area contributed by atoms with Crippen LogP contribution in [0.5, 0.6) is 0 Å². The van der Waals surface area contributed by atoms with Gasteiger partial charge >= 0.3 is 0 Å². The molecule has 1 amide bonds. The molecule has 2 heterocycles. The van der Waals surface area contributed by atoms with Gasteiger partial charge in [0.25, 0.3) is 0 Å². The van der Waals surface area contributed by atoms with Crippen molar-refractivity contribution in [1.82, 2.24) is 20.0 Å². The van der Waals surface area contributed by atoms with Crippen molar-refractivity contribution < 1.29 is 4.79 Å². The number of halogens is 1. The van der Waals surface area contributed by atoms with E-state index in [0.29, 0.717) is 5.02 Å². The third kappa shape index (κ3) is 3.15. The normalized spacial score (nSPS) is 19.1. The summed E-state index contributed by atoms with van der Waals surface area (Å²) in [6.07, 6.45) is 2.01. The first-order valence-electron chi connectivity index (χ1n) is 7.10. The number of nitrogens with one attached hydrogen (secondary N) is 1. The number of hydrogen-bond acceptors (Lipinski definition) is 3. The molecule has 1 N–H and O–H groups in total. The van der Waals surface area contributed by atoms with Crippen LogP contribution >= 0.6 is 11.6 Å². The Bertz CT molecular complexity index is 492. The smallest absolute Gasteiger partial charge is 0.244 e. The molecule has 0 saturated carbocycles. The van der Waals surface area contributed by atoms with Crippen LogP contribution in [0.2, 0.25) is 5.02 Å². The summed E-state index contributed by atoms with van der Waals surface area (Å²) in [6, 6.07) is -0.0607. The van der Waals surface area contributed by atoms with E-state index in [4.69, 9.17) is 11.6 Å². The molecular formula is C14H23ClN4O. The lowest BCUT2D eigenvalue weighted by atomic mass is 10.1. The maximum absolute atomic E-state index is 12.3. The number of carbonyl (C=O) groups excluding carboxylic acids is 1. The lowest BCUT2D eigenvalue weighted by Gasteiger charge is -2.30. The maximum Gasteiger partial charge on any atom is 0.244 e. The number of likely N-dealkylation sites (tertiary alicyclic amines) is 1. The van der Waals surface area contributed by atoms with Crippen molar-refractivity contribution in [2.45, 2.75) is 45.7 Å². The Balaban J connectivity index is 2.00. The van der Waals surface area contributed by atoms with Crippen LogP contribution in [0, 0.1) is 13.8 Å². The third-order valence-corrected chi connectivity index (χ3v) is 4.59. The molecule has 112 valence electrons. The average molecular weight is 299 g/mol. The van der Waals surface area contributed by atoms with Gasteiger partial charge in [0.1, 0.15) is 6.04 Å². The number of rotatable bonds is 3. The fourth-order valence-electron chi connectivity index (χ4n) is 2.61. The standard InChI is InChI=1S/C14H23ClN4O/c1-9-13(15)10(2)19(17-9)11(3)14(20)16-12-5-7-18(4)8-6-12/h11-12H,5-8H2,1-4H3,(H,16,20). The predicted molar refractivity (Wildman–Crippen MR) is 80.1 cm³/mol. The van der Waals surface area contributed by atoms with E-state index < -0.39 is 0 Å². The molecule has 1 aliphatic rings. The minimum Gasteiger partial charge on any atom is -0.351 e. The minimum absolute atomic E-state index is 0.0156. The summed E-state index contributed by atoms with van der Waals surface area (Å²) in [4.78, 5) is 14.6. The van der Waals surface area contributed by atoms with Crippen molar-refractivity contribution >= 4 is 17.5 Å². The van der Waals surface area contributed by atoms with Gasteiger partial charge in [-0.1, -0.05) is 11.6 Å². The van der Waals surface area contributed by atoms with Gasteiger partial charge in [-0.15, -0.1) is 0 Å². The summed E-state index contributed by atoms with van der Waals surface area (Å²) in [6.45, 7) is 7.67. The zero-order valence-corrected chi connectivity index (χ0v) is 13.4. The Morgan fingerprint density at radius 3 is 2.50 bits per heavy atom. The number of amides is 1. The highest BCUT2D eigenvalue weighted by molar-refractivity contribution is 6.31. The molecule has 0 spiro atoms. The zero-order valence-electron chi connectivity index (χ0n) is 12.6. The molecule has 1 aromatic rings. The molecule has 5 nitrogen and oxygen atoms in total. The molecule has 2 rings (SSSR count). The van der Waals surface area contributed by atoms with E-state index in [0.717, 1.165) is 37.3 Å². The largest absolute Gasteiger partial charge is 0.351 e. The summed E-state index contributed by atoms with van der Waals surface area (Å²) in [5.74, 6) is 0.0156. The van der Waals surface area contributed by atoms with E-state index in [9.17, 15) is 4.79 Å². The molecular weight excluding hydrogens is 276 g/mol. The van der Waals surface area contributed by atoms with E-state index in [2.05, 4.69) is 22.4 Å². The first kappa shape index (κ1) is 15.3. The molecule has 1 fully saturated rings. The van der Waals surface area contributed by atoms with E-state index in [1.807, 2.05) is 20.8 Å². The van der Waals surface area contributed by atoms with Gasteiger partial charge in [0.2, 0.25) is 5.91 Å². The number of piperidine rings is 1. The molecule has 0 aromatic carbocycles. The van der Waals surface area contributed by atoms with E-state index in [-0.39, 0.29) is 18.0 Å². The highest BCUT2D eigenvalue weighted by Crippen LogP contribution is 2.22. The lowest BCUT2D eigenvalue weighted by molar-refractivity contribution is -0.125. The third-order valence-electron chi connectivity index (χ3n) is 4.05. The maximum atomic E-state index is 12.3. The van der Waals surface area contributed by atoms with Gasteiger partial charge in [-0.3, -0.25) is 9.48 Å². The van der Waals surface area contributed by atoms with Crippen LogP contribution in [-0.4, -0.2) is 46.8 Å². The van der Waals surface area contributed by atoms with Crippen molar-refractivity contribution in [3.8, 4) is 0 Å². The number of aromatic nitrogens is 2.